The van der Waals surface area contributed by atoms with Crippen LogP contribution in [0.25, 0.3) is 0 Å². The zero-order valence-corrected chi connectivity index (χ0v) is 11.3. The van der Waals surface area contributed by atoms with E-state index in [-0.39, 0.29) is 5.97 Å². The Kier molecular flexibility index (Phi) is 4.14. The van der Waals surface area contributed by atoms with Crippen molar-refractivity contribution < 1.29 is 9.53 Å². The van der Waals surface area contributed by atoms with Gasteiger partial charge in [0.15, 0.2) is 0 Å². The fourth-order valence-corrected chi connectivity index (χ4v) is 2.08. The molecule has 0 aliphatic rings. The Morgan fingerprint density at radius 1 is 1.00 bits per heavy atom. The summed E-state index contributed by atoms with van der Waals surface area (Å²) in [5.41, 5.74) is 1.59. The van der Waals surface area contributed by atoms with Crippen LogP contribution < -0.4 is 4.74 Å². The Morgan fingerprint density at radius 3 is 2.35 bits per heavy atom. The molecule has 0 aliphatic heterocycles. The van der Waals surface area contributed by atoms with Gasteiger partial charge in [-0.2, -0.15) is 0 Å². The van der Waals surface area contributed by atoms with Crippen molar-refractivity contribution in [2.75, 3.05) is 0 Å². The van der Waals surface area contributed by atoms with Gasteiger partial charge in [0.2, 0.25) is 0 Å². The predicted molar refractivity (Wildman–Crippen MR) is 75.6 cm³/mol. The quantitative estimate of drug-likeness (QED) is 0.368. The number of para-hydroxylation sites is 1. The summed E-state index contributed by atoms with van der Waals surface area (Å²) < 4.78 is 6.19. The van der Waals surface area contributed by atoms with Crippen LogP contribution in [0.1, 0.15) is 15.9 Å². The topological polar surface area (TPSA) is 26.3 Å². The minimum atomic E-state index is -0.317. The molecule has 3 heteroatoms. The summed E-state index contributed by atoms with van der Waals surface area (Å²) in [5.74, 6) is 0.318. The van der Waals surface area contributed by atoms with Gasteiger partial charge in [0.25, 0.3) is 0 Å². The van der Waals surface area contributed by atoms with Crippen molar-refractivity contribution in [3.05, 3.63) is 65.7 Å². The van der Waals surface area contributed by atoms with Crippen LogP contribution in [0.2, 0.25) is 0 Å². The van der Waals surface area contributed by atoms with Crippen LogP contribution in [0.4, 0.5) is 0 Å². The Labute approximate surface area is 114 Å². The van der Waals surface area contributed by atoms with E-state index in [1.165, 1.54) is 0 Å². The van der Waals surface area contributed by atoms with Gasteiger partial charge >= 0.3 is 5.97 Å². The molecule has 0 heterocycles. The van der Waals surface area contributed by atoms with Gasteiger partial charge in [0.1, 0.15) is 5.75 Å². The van der Waals surface area contributed by atoms with Gasteiger partial charge in [-0.1, -0.05) is 59.0 Å². The second-order valence-corrected chi connectivity index (χ2v) is 4.26. The molecule has 0 saturated carbocycles. The Bertz CT molecular complexity index is 509. The van der Waals surface area contributed by atoms with Gasteiger partial charge in [-0.3, -0.25) is 0 Å². The van der Waals surface area contributed by atoms with Crippen molar-refractivity contribution in [1.82, 2.24) is 0 Å². The lowest BCUT2D eigenvalue weighted by molar-refractivity contribution is 0.0733. The summed E-state index contributed by atoms with van der Waals surface area (Å²) in [7, 11) is 0. The fraction of sp³-hybridized carbons (Fsp3) is 0.0714. The van der Waals surface area contributed by atoms with E-state index in [2.05, 4.69) is 22.6 Å². The maximum Gasteiger partial charge on any atom is 0.343 e. The molecule has 0 N–H and O–H groups in total. The molecule has 0 amide bonds. The first-order valence-corrected chi connectivity index (χ1v) is 6.75. The number of esters is 1. The van der Waals surface area contributed by atoms with E-state index in [0.717, 1.165) is 9.99 Å². The van der Waals surface area contributed by atoms with E-state index in [1.807, 2.05) is 42.5 Å². The first-order valence-electron chi connectivity index (χ1n) is 5.22. The van der Waals surface area contributed by atoms with E-state index in [1.54, 1.807) is 12.1 Å². The average molecular weight is 338 g/mol. The second kappa shape index (κ2) is 5.82. The summed E-state index contributed by atoms with van der Waals surface area (Å²) >= 11 is 2.25. The molecule has 2 rings (SSSR count). The van der Waals surface area contributed by atoms with Crippen molar-refractivity contribution in [2.45, 2.75) is 4.43 Å². The Morgan fingerprint density at radius 2 is 1.65 bits per heavy atom. The fourth-order valence-electron chi connectivity index (χ4n) is 1.45. The van der Waals surface area contributed by atoms with Crippen LogP contribution in [0.3, 0.4) is 0 Å². The molecule has 17 heavy (non-hydrogen) atoms. The molecule has 0 aromatic heterocycles. The summed E-state index contributed by atoms with van der Waals surface area (Å²) in [6.07, 6.45) is 0. The van der Waals surface area contributed by atoms with E-state index in [0.29, 0.717) is 11.3 Å². The van der Waals surface area contributed by atoms with Crippen molar-refractivity contribution >= 4 is 28.6 Å². The highest BCUT2D eigenvalue weighted by atomic mass is 127. The molecule has 0 unspecified atom stereocenters. The molecule has 2 nitrogen and oxygen atoms in total. The van der Waals surface area contributed by atoms with Gasteiger partial charge in [0.05, 0.1) is 5.56 Å². The van der Waals surface area contributed by atoms with Gasteiger partial charge in [-0.25, -0.2) is 4.79 Å². The van der Waals surface area contributed by atoms with Gasteiger partial charge in [0, 0.05) is 9.99 Å². The third-order valence-electron chi connectivity index (χ3n) is 2.33. The maximum atomic E-state index is 11.9. The van der Waals surface area contributed by atoms with Crippen LogP contribution in [-0.2, 0) is 4.43 Å². The largest absolute Gasteiger partial charge is 0.423 e. The van der Waals surface area contributed by atoms with Crippen LogP contribution in [0.5, 0.6) is 5.75 Å². The van der Waals surface area contributed by atoms with E-state index in [9.17, 15) is 4.79 Å². The van der Waals surface area contributed by atoms with Gasteiger partial charge in [-0.15, -0.1) is 0 Å². The number of hydrogen-bond acceptors (Lipinski definition) is 2. The lowest BCUT2D eigenvalue weighted by atomic mass is 10.2. The first-order chi connectivity index (χ1) is 8.31. The molecule has 2 aromatic rings. The number of hydrogen-bond donors (Lipinski definition) is 0. The third kappa shape index (κ3) is 3.06. The molecule has 0 fully saturated rings. The van der Waals surface area contributed by atoms with E-state index < -0.39 is 0 Å². The minimum absolute atomic E-state index is 0.317. The van der Waals surface area contributed by atoms with Crippen molar-refractivity contribution in [3.8, 4) is 5.75 Å². The number of ether oxygens (including phenoxy) is 1. The zero-order chi connectivity index (χ0) is 12.1. The molecular weight excluding hydrogens is 327 g/mol. The van der Waals surface area contributed by atoms with Crippen molar-refractivity contribution in [3.63, 3.8) is 0 Å². The molecule has 2 aromatic carbocycles. The normalized spacial score (nSPS) is 9.94. The summed E-state index contributed by atoms with van der Waals surface area (Å²) in [6.45, 7) is 0. The first kappa shape index (κ1) is 12.1. The molecular formula is C14H11IO2. The van der Waals surface area contributed by atoms with Crippen LogP contribution in [-0.4, -0.2) is 5.97 Å². The van der Waals surface area contributed by atoms with Crippen LogP contribution in [0.15, 0.2) is 54.6 Å². The monoisotopic (exact) mass is 338 g/mol. The second-order valence-electron chi connectivity index (χ2n) is 3.50. The SMILES string of the molecule is O=C(Oc1ccccc1CI)c1ccccc1. The predicted octanol–water partition coefficient (Wildman–Crippen LogP) is 3.84. The Balaban J connectivity index is 2.19. The smallest absolute Gasteiger partial charge is 0.343 e. The number of halogens is 1. The zero-order valence-electron chi connectivity index (χ0n) is 9.10. The lowest BCUT2D eigenvalue weighted by Crippen LogP contribution is -2.09. The minimum Gasteiger partial charge on any atom is -0.423 e. The van der Waals surface area contributed by atoms with Gasteiger partial charge < -0.3 is 4.74 Å². The highest BCUT2D eigenvalue weighted by molar-refractivity contribution is 14.1. The lowest BCUT2D eigenvalue weighted by Gasteiger charge is -2.07. The molecule has 0 saturated heterocycles. The number of carbonyl (C=O) groups excluding carboxylic acids is 1. The standard InChI is InChI=1S/C14H11IO2/c15-10-12-8-4-5-9-13(12)17-14(16)11-6-2-1-3-7-11/h1-9H,10H2. The van der Waals surface area contributed by atoms with Gasteiger partial charge in [-0.05, 0) is 18.2 Å². The Hall–Kier alpha value is -1.36. The molecule has 0 radical (unpaired) electrons. The summed E-state index contributed by atoms with van der Waals surface area (Å²) in [6, 6.07) is 16.6. The number of rotatable bonds is 3. The highest BCUT2D eigenvalue weighted by Crippen LogP contribution is 2.21. The van der Waals surface area contributed by atoms with Crippen LogP contribution >= 0.6 is 22.6 Å². The van der Waals surface area contributed by atoms with Crippen molar-refractivity contribution in [2.24, 2.45) is 0 Å². The summed E-state index contributed by atoms with van der Waals surface area (Å²) in [4.78, 5) is 11.9. The molecule has 0 spiro atoms. The van der Waals surface area contributed by atoms with Crippen molar-refractivity contribution in [1.29, 1.82) is 0 Å². The molecule has 0 bridgehead atoms. The number of benzene rings is 2. The van der Waals surface area contributed by atoms with E-state index in [4.69, 9.17) is 4.74 Å². The summed E-state index contributed by atoms with van der Waals surface area (Å²) in [5, 5.41) is 0. The molecule has 0 atom stereocenters. The van der Waals surface area contributed by atoms with E-state index >= 15 is 0 Å². The third-order valence-corrected chi connectivity index (χ3v) is 3.15. The van der Waals surface area contributed by atoms with Crippen LogP contribution in [0, 0.1) is 0 Å². The highest BCUT2D eigenvalue weighted by Gasteiger charge is 2.09. The molecule has 0 aliphatic carbocycles. The number of alkyl halides is 1. The maximum absolute atomic E-state index is 11.9. The number of carbonyl (C=O) groups is 1. The average Bonchev–Trinajstić information content (AvgIpc) is 2.40. The molecule has 86 valence electrons.